The molecule has 2 rings (SSSR count). The summed E-state index contributed by atoms with van der Waals surface area (Å²) in [4.78, 5) is 14.5. The van der Waals surface area contributed by atoms with E-state index < -0.39 is 5.60 Å². The Bertz CT molecular complexity index is 504. The van der Waals surface area contributed by atoms with Crippen molar-refractivity contribution in [1.82, 2.24) is 4.90 Å². The topological polar surface area (TPSA) is 40.5 Å². The molecule has 110 valence electrons. The number of thioether (sulfide) groups is 1. The Morgan fingerprint density at radius 2 is 2.15 bits per heavy atom. The number of carbonyl (C=O) groups excluding carboxylic acids is 1. The molecule has 1 amide bonds. The molecule has 20 heavy (non-hydrogen) atoms. The summed E-state index contributed by atoms with van der Waals surface area (Å²) in [6, 6.07) is 5.20. The minimum Gasteiger partial charge on any atom is -0.386 e. The second-order valence-corrected chi connectivity index (χ2v) is 6.95. The Morgan fingerprint density at radius 3 is 2.80 bits per heavy atom. The molecule has 0 saturated carbocycles. The summed E-state index contributed by atoms with van der Waals surface area (Å²) in [5.41, 5.74) is -0.678. The van der Waals surface area contributed by atoms with Crippen LogP contribution in [0.3, 0.4) is 0 Å². The molecule has 0 unspecified atom stereocenters. The van der Waals surface area contributed by atoms with E-state index in [0.29, 0.717) is 28.9 Å². The van der Waals surface area contributed by atoms with Crippen LogP contribution in [0, 0.1) is 0 Å². The molecule has 0 radical (unpaired) electrons. The van der Waals surface area contributed by atoms with Crippen molar-refractivity contribution < 1.29 is 9.90 Å². The van der Waals surface area contributed by atoms with Crippen LogP contribution in [0.1, 0.15) is 19.8 Å². The molecule has 0 bridgehead atoms. The predicted molar refractivity (Wildman–Crippen MR) is 83.6 cm³/mol. The first-order valence-electron chi connectivity index (χ1n) is 6.51. The second kappa shape index (κ2) is 6.56. The van der Waals surface area contributed by atoms with Gasteiger partial charge >= 0.3 is 0 Å². The summed E-state index contributed by atoms with van der Waals surface area (Å²) in [5, 5.41) is 11.3. The zero-order valence-corrected chi connectivity index (χ0v) is 13.6. The smallest absolute Gasteiger partial charge is 0.233 e. The number of amides is 1. The summed E-state index contributed by atoms with van der Waals surface area (Å²) >= 11 is 13.3. The van der Waals surface area contributed by atoms with Crippen molar-refractivity contribution in [1.29, 1.82) is 0 Å². The van der Waals surface area contributed by atoms with E-state index in [1.165, 1.54) is 11.8 Å². The van der Waals surface area contributed by atoms with Crippen LogP contribution in [-0.4, -0.2) is 40.4 Å². The lowest BCUT2D eigenvalue weighted by Crippen LogP contribution is -2.63. The minimum absolute atomic E-state index is 0.0202. The highest BCUT2D eigenvalue weighted by Gasteiger charge is 2.42. The second-order valence-electron chi connectivity index (χ2n) is 5.09. The molecule has 1 aromatic carbocycles. The number of halogens is 2. The molecule has 1 aliphatic heterocycles. The van der Waals surface area contributed by atoms with E-state index in [9.17, 15) is 9.90 Å². The Hall–Kier alpha value is -0.420. The molecule has 6 heteroatoms. The molecule has 0 spiro atoms. The Kier molecular flexibility index (Phi) is 5.24. The lowest BCUT2D eigenvalue weighted by molar-refractivity contribution is -0.153. The van der Waals surface area contributed by atoms with Crippen LogP contribution < -0.4 is 0 Å². The Labute approximate surface area is 133 Å². The molecule has 0 aromatic heterocycles. The van der Waals surface area contributed by atoms with Gasteiger partial charge in [0, 0.05) is 9.92 Å². The molecule has 1 fully saturated rings. The molecule has 0 atom stereocenters. The number of β-amino-alcohol motifs (C(OH)–C–C–N with tert-alkyl or cyclic N) is 1. The zero-order valence-electron chi connectivity index (χ0n) is 11.2. The summed E-state index contributed by atoms with van der Waals surface area (Å²) in [7, 11) is 0. The SMILES string of the molecule is CCCC1(O)CN(C(=O)CSc2cc(Cl)ccc2Cl)C1. The maximum atomic E-state index is 12.0. The Balaban J connectivity index is 1.83. The van der Waals surface area contributed by atoms with E-state index in [0.717, 1.165) is 17.7 Å². The van der Waals surface area contributed by atoms with Gasteiger partial charge in [0.1, 0.15) is 0 Å². The normalized spacial score (nSPS) is 16.9. The monoisotopic (exact) mass is 333 g/mol. The zero-order chi connectivity index (χ0) is 14.8. The number of benzene rings is 1. The average Bonchev–Trinajstić information content (AvgIpc) is 2.37. The molecule has 1 saturated heterocycles. The van der Waals surface area contributed by atoms with Gasteiger partial charge in [-0.1, -0.05) is 36.5 Å². The van der Waals surface area contributed by atoms with Gasteiger partial charge in [0.15, 0.2) is 0 Å². The number of hydrogen-bond acceptors (Lipinski definition) is 3. The molecule has 1 aliphatic rings. The molecule has 0 aliphatic carbocycles. The highest BCUT2D eigenvalue weighted by molar-refractivity contribution is 8.00. The number of nitrogens with zero attached hydrogens (tertiary/aromatic N) is 1. The number of rotatable bonds is 5. The third kappa shape index (κ3) is 3.82. The van der Waals surface area contributed by atoms with Gasteiger partial charge in [0.05, 0.1) is 29.5 Å². The maximum absolute atomic E-state index is 12.0. The van der Waals surface area contributed by atoms with Gasteiger partial charge in [0.25, 0.3) is 0 Å². The minimum atomic E-state index is -0.678. The molecule has 1 heterocycles. The average molecular weight is 334 g/mol. The fourth-order valence-corrected chi connectivity index (χ4v) is 3.68. The maximum Gasteiger partial charge on any atom is 0.233 e. The van der Waals surface area contributed by atoms with Crippen LogP contribution in [0.4, 0.5) is 0 Å². The van der Waals surface area contributed by atoms with Gasteiger partial charge in [-0.2, -0.15) is 0 Å². The highest BCUT2D eigenvalue weighted by atomic mass is 35.5. The van der Waals surface area contributed by atoms with Gasteiger partial charge in [-0.15, -0.1) is 11.8 Å². The van der Waals surface area contributed by atoms with Crippen LogP contribution in [0.25, 0.3) is 0 Å². The van der Waals surface area contributed by atoms with Crippen molar-refractivity contribution >= 4 is 40.9 Å². The summed E-state index contributed by atoms with van der Waals surface area (Å²) in [6.07, 6.45) is 1.66. The van der Waals surface area contributed by atoms with E-state index in [2.05, 4.69) is 0 Å². The van der Waals surface area contributed by atoms with Crippen molar-refractivity contribution in [2.24, 2.45) is 0 Å². The molecular weight excluding hydrogens is 317 g/mol. The molecular formula is C14H17Cl2NO2S. The first-order valence-corrected chi connectivity index (χ1v) is 8.26. The van der Waals surface area contributed by atoms with E-state index in [1.807, 2.05) is 6.92 Å². The first kappa shape index (κ1) is 16.0. The number of likely N-dealkylation sites (tertiary alicyclic amines) is 1. The van der Waals surface area contributed by atoms with Crippen LogP contribution in [0.5, 0.6) is 0 Å². The standard InChI is InChI=1S/C14H17Cl2NO2S/c1-2-5-14(19)8-17(9-14)13(18)7-20-12-6-10(15)3-4-11(12)16/h3-4,6,19H,2,5,7-9H2,1H3. The fraction of sp³-hybridized carbons (Fsp3) is 0.500. The third-order valence-corrected chi connectivity index (χ3v) is 5.00. The van der Waals surface area contributed by atoms with Gasteiger partial charge in [-0.3, -0.25) is 4.79 Å². The van der Waals surface area contributed by atoms with Crippen molar-refractivity contribution in [3.63, 3.8) is 0 Å². The fourth-order valence-electron chi connectivity index (χ4n) is 2.28. The van der Waals surface area contributed by atoms with Crippen molar-refractivity contribution in [2.45, 2.75) is 30.3 Å². The number of hydrogen-bond donors (Lipinski definition) is 1. The highest BCUT2D eigenvalue weighted by Crippen LogP contribution is 2.31. The van der Waals surface area contributed by atoms with Crippen LogP contribution in [-0.2, 0) is 4.79 Å². The van der Waals surface area contributed by atoms with E-state index >= 15 is 0 Å². The van der Waals surface area contributed by atoms with Crippen LogP contribution in [0.15, 0.2) is 23.1 Å². The quantitative estimate of drug-likeness (QED) is 0.839. The van der Waals surface area contributed by atoms with Crippen molar-refractivity contribution in [3.05, 3.63) is 28.2 Å². The van der Waals surface area contributed by atoms with Gasteiger partial charge in [-0.05, 0) is 24.6 Å². The summed E-state index contributed by atoms with van der Waals surface area (Å²) < 4.78 is 0. The van der Waals surface area contributed by atoms with Crippen molar-refractivity contribution in [3.8, 4) is 0 Å². The molecule has 3 nitrogen and oxygen atoms in total. The van der Waals surface area contributed by atoms with Gasteiger partial charge in [0.2, 0.25) is 5.91 Å². The Morgan fingerprint density at radius 1 is 1.45 bits per heavy atom. The van der Waals surface area contributed by atoms with E-state index in [1.54, 1.807) is 23.1 Å². The van der Waals surface area contributed by atoms with E-state index in [4.69, 9.17) is 23.2 Å². The summed E-state index contributed by atoms with van der Waals surface area (Å²) in [6.45, 7) is 2.90. The van der Waals surface area contributed by atoms with E-state index in [-0.39, 0.29) is 5.91 Å². The largest absolute Gasteiger partial charge is 0.386 e. The third-order valence-electron chi connectivity index (χ3n) is 3.28. The first-order chi connectivity index (χ1) is 9.43. The van der Waals surface area contributed by atoms with Gasteiger partial charge < -0.3 is 10.0 Å². The van der Waals surface area contributed by atoms with Gasteiger partial charge in [-0.25, -0.2) is 0 Å². The summed E-state index contributed by atoms with van der Waals surface area (Å²) in [5.74, 6) is 0.328. The van der Waals surface area contributed by atoms with Crippen molar-refractivity contribution in [2.75, 3.05) is 18.8 Å². The predicted octanol–water partition coefficient (Wildman–Crippen LogP) is 3.46. The molecule has 1 aromatic rings. The van der Waals surface area contributed by atoms with Crippen LogP contribution in [0.2, 0.25) is 10.0 Å². The number of carbonyl (C=O) groups is 1. The lowest BCUT2D eigenvalue weighted by atomic mass is 9.89. The molecule has 1 N–H and O–H groups in total. The lowest BCUT2D eigenvalue weighted by Gasteiger charge is -2.46. The number of aliphatic hydroxyl groups is 1. The van der Waals surface area contributed by atoms with Crippen LogP contribution >= 0.6 is 35.0 Å².